The fraction of sp³-hybridized carbons (Fsp3) is 1.00. The van der Waals surface area contributed by atoms with Crippen LogP contribution >= 0.6 is 15.9 Å². The molecule has 1 heteroatoms. The lowest BCUT2D eigenvalue weighted by molar-refractivity contribution is 0.453. The Bertz CT molecular complexity index is 91.1. The Morgan fingerprint density at radius 1 is 0.846 bits per heavy atom. The molecule has 0 unspecified atom stereocenters. The molecule has 0 aromatic rings. The van der Waals surface area contributed by atoms with Gasteiger partial charge in [-0.15, -0.1) is 0 Å². The van der Waals surface area contributed by atoms with Crippen molar-refractivity contribution in [2.24, 2.45) is 5.92 Å². The van der Waals surface area contributed by atoms with E-state index in [9.17, 15) is 0 Å². The zero-order chi connectivity index (χ0) is 9.94. The first-order chi connectivity index (χ1) is 6.35. The maximum absolute atomic E-state index is 3.62. The van der Waals surface area contributed by atoms with Gasteiger partial charge in [-0.25, -0.2) is 0 Å². The van der Waals surface area contributed by atoms with Gasteiger partial charge >= 0.3 is 0 Å². The van der Waals surface area contributed by atoms with Gasteiger partial charge in [-0.2, -0.15) is 0 Å². The largest absolute Gasteiger partial charge is 0.0925 e. The SMILES string of the molecule is CCCCCC[C@@H](CBr)CCCC. The molecular formula is C12H25Br. The third-order valence-electron chi connectivity index (χ3n) is 2.65. The summed E-state index contributed by atoms with van der Waals surface area (Å²) in [6, 6.07) is 0. The van der Waals surface area contributed by atoms with Gasteiger partial charge in [-0.3, -0.25) is 0 Å². The highest BCUT2D eigenvalue weighted by Gasteiger charge is 2.05. The van der Waals surface area contributed by atoms with E-state index in [4.69, 9.17) is 0 Å². The summed E-state index contributed by atoms with van der Waals surface area (Å²) in [5, 5.41) is 1.21. The maximum Gasteiger partial charge on any atom is 0.00596 e. The van der Waals surface area contributed by atoms with Crippen LogP contribution < -0.4 is 0 Å². The summed E-state index contributed by atoms with van der Waals surface area (Å²) in [7, 11) is 0. The molecule has 0 N–H and O–H groups in total. The smallest absolute Gasteiger partial charge is 0.00596 e. The Morgan fingerprint density at radius 3 is 2.00 bits per heavy atom. The Balaban J connectivity index is 3.25. The fourth-order valence-corrected chi connectivity index (χ4v) is 2.30. The number of hydrogen-bond donors (Lipinski definition) is 0. The Labute approximate surface area is 92.6 Å². The van der Waals surface area contributed by atoms with Gasteiger partial charge in [0.15, 0.2) is 0 Å². The molecule has 0 rings (SSSR count). The molecule has 0 nitrogen and oxygen atoms in total. The van der Waals surface area contributed by atoms with Gasteiger partial charge in [0, 0.05) is 5.33 Å². The van der Waals surface area contributed by atoms with Crippen molar-refractivity contribution in [3.8, 4) is 0 Å². The van der Waals surface area contributed by atoms with Crippen LogP contribution in [0.5, 0.6) is 0 Å². The highest BCUT2D eigenvalue weighted by molar-refractivity contribution is 9.09. The van der Waals surface area contributed by atoms with Crippen molar-refractivity contribution in [1.29, 1.82) is 0 Å². The van der Waals surface area contributed by atoms with E-state index < -0.39 is 0 Å². The topological polar surface area (TPSA) is 0 Å². The molecule has 0 fully saturated rings. The van der Waals surface area contributed by atoms with E-state index in [1.807, 2.05) is 0 Å². The lowest BCUT2D eigenvalue weighted by Crippen LogP contribution is -2.01. The predicted octanol–water partition coefficient (Wildman–Crippen LogP) is 5.16. The summed E-state index contributed by atoms with van der Waals surface area (Å²) in [5.74, 6) is 0.941. The molecule has 0 aliphatic rings. The summed E-state index contributed by atoms with van der Waals surface area (Å²) in [5.41, 5.74) is 0. The van der Waals surface area contributed by atoms with E-state index in [1.165, 1.54) is 56.7 Å². The lowest BCUT2D eigenvalue weighted by Gasteiger charge is -2.12. The Kier molecular flexibility index (Phi) is 11.0. The fourth-order valence-electron chi connectivity index (χ4n) is 1.65. The van der Waals surface area contributed by atoms with E-state index in [-0.39, 0.29) is 0 Å². The molecule has 0 aromatic heterocycles. The second-order valence-electron chi connectivity index (χ2n) is 4.01. The first-order valence-corrected chi connectivity index (χ1v) is 7.03. The molecule has 0 saturated heterocycles. The van der Waals surface area contributed by atoms with Crippen LogP contribution in [0.3, 0.4) is 0 Å². The molecule has 0 aliphatic heterocycles. The number of hydrogen-bond acceptors (Lipinski definition) is 0. The number of halogens is 1. The average molecular weight is 249 g/mol. The van der Waals surface area contributed by atoms with Gasteiger partial charge in [-0.1, -0.05) is 68.3 Å². The van der Waals surface area contributed by atoms with Crippen molar-refractivity contribution in [3.63, 3.8) is 0 Å². The van der Waals surface area contributed by atoms with Crippen LogP contribution in [-0.4, -0.2) is 5.33 Å². The molecule has 0 amide bonds. The molecule has 0 aromatic carbocycles. The van der Waals surface area contributed by atoms with Crippen LogP contribution in [0, 0.1) is 5.92 Å². The van der Waals surface area contributed by atoms with Gasteiger partial charge in [-0.05, 0) is 18.8 Å². The van der Waals surface area contributed by atoms with E-state index in [0.29, 0.717) is 0 Å². The number of unbranched alkanes of at least 4 members (excludes halogenated alkanes) is 4. The molecule has 0 bridgehead atoms. The van der Waals surface area contributed by atoms with E-state index in [2.05, 4.69) is 29.8 Å². The van der Waals surface area contributed by atoms with Gasteiger partial charge in [0.2, 0.25) is 0 Å². The molecule has 0 saturated carbocycles. The van der Waals surface area contributed by atoms with Gasteiger partial charge in [0.05, 0.1) is 0 Å². The molecule has 0 spiro atoms. The van der Waals surface area contributed by atoms with E-state index in [1.54, 1.807) is 0 Å². The molecule has 1 atom stereocenters. The van der Waals surface area contributed by atoms with Crippen LogP contribution in [0.4, 0.5) is 0 Å². The minimum Gasteiger partial charge on any atom is -0.0925 e. The van der Waals surface area contributed by atoms with Crippen molar-refractivity contribution in [2.45, 2.75) is 65.2 Å². The third kappa shape index (κ3) is 8.80. The quantitative estimate of drug-likeness (QED) is 0.391. The summed E-state index contributed by atoms with van der Waals surface area (Å²) in [6.45, 7) is 4.56. The van der Waals surface area contributed by atoms with Crippen LogP contribution in [0.1, 0.15) is 65.2 Å². The molecular weight excluding hydrogens is 224 g/mol. The maximum atomic E-state index is 3.62. The molecule has 0 heterocycles. The van der Waals surface area contributed by atoms with Gasteiger partial charge in [0.25, 0.3) is 0 Å². The van der Waals surface area contributed by atoms with Crippen molar-refractivity contribution in [1.82, 2.24) is 0 Å². The first-order valence-electron chi connectivity index (χ1n) is 5.91. The highest BCUT2D eigenvalue weighted by atomic mass is 79.9. The minimum atomic E-state index is 0.941. The second kappa shape index (κ2) is 10.6. The Morgan fingerprint density at radius 2 is 1.46 bits per heavy atom. The van der Waals surface area contributed by atoms with E-state index >= 15 is 0 Å². The molecule has 0 radical (unpaired) electrons. The predicted molar refractivity (Wildman–Crippen MR) is 65.6 cm³/mol. The normalized spacial score (nSPS) is 13.2. The van der Waals surface area contributed by atoms with Crippen molar-refractivity contribution in [3.05, 3.63) is 0 Å². The third-order valence-corrected chi connectivity index (χ3v) is 3.57. The van der Waals surface area contributed by atoms with Crippen LogP contribution in [-0.2, 0) is 0 Å². The van der Waals surface area contributed by atoms with Crippen LogP contribution in [0.2, 0.25) is 0 Å². The van der Waals surface area contributed by atoms with Gasteiger partial charge < -0.3 is 0 Å². The minimum absolute atomic E-state index is 0.941. The molecule has 0 aliphatic carbocycles. The average Bonchev–Trinajstić information content (AvgIpc) is 2.17. The Hall–Kier alpha value is 0.480. The molecule has 80 valence electrons. The summed E-state index contributed by atoms with van der Waals surface area (Å²) >= 11 is 3.62. The number of alkyl halides is 1. The summed E-state index contributed by atoms with van der Waals surface area (Å²) < 4.78 is 0. The van der Waals surface area contributed by atoms with Crippen molar-refractivity contribution in [2.75, 3.05) is 5.33 Å². The summed E-state index contributed by atoms with van der Waals surface area (Å²) in [6.07, 6.45) is 11.3. The van der Waals surface area contributed by atoms with Crippen molar-refractivity contribution >= 4 is 15.9 Å². The van der Waals surface area contributed by atoms with Crippen molar-refractivity contribution < 1.29 is 0 Å². The van der Waals surface area contributed by atoms with Crippen LogP contribution in [0.25, 0.3) is 0 Å². The lowest BCUT2D eigenvalue weighted by atomic mass is 9.97. The van der Waals surface area contributed by atoms with E-state index in [0.717, 1.165) is 5.92 Å². The first kappa shape index (κ1) is 13.5. The van der Waals surface area contributed by atoms with Crippen LogP contribution in [0.15, 0.2) is 0 Å². The monoisotopic (exact) mass is 248 g/mol. The summed E-state index contributed by atoms with van der Waals surface area (Å²) in [4.78, 5) is 0. The zero-order valence-corrected chi connectivity index (χ0v) is 10.9. The van der Waals surface area contributed by atoms with Gasteiger partial charge in [0.1, 0.15) is 0 Å². The number of rotatable bonds is 9. The second-order valence-corrected chi connectivity index (χ2v) is 4.66. The standard InChI is InChI=1S/C12H25Br/c1-3-5-7-8-10-12(11-13)9-6-4-2/h12H,3-11H2,1-2H3/t12-/m0/s1. The molecule has 13 heavy (non-hydrogen) atoms. The zero-order valence-electron chi connectivity index (χ0n) is 9.32. The highest BCUT2D eigenvalue weighted by Crippen LogP contribution is 2.19.